The number of rotatable bonds is 5. The van der Waals surface area contributed by atoms with Crippen LogP contribution in [-0.2, 0) is 6.54 Å². The van der Waals surface area contributed by atoms with E-state index in [1.807, 2.05) is 25.1 Å². The van der Waals surface area contributed by atoms with Crippen molar-refractivity contribution in [3.63, 3.8) is 0 Å². The molecular formula is C17H27NO2. The van der Waals surface area contributed by atoms with Crippen LogP contribution in [-0.4, -0.2) is 17.8 Å². The Bertz CT molecular complexity index is 443. The Morgan fingerprint density at radius 2 is 2.15 bits per heavy atom. The van der Waals surface area contributed by atoms with E-state index in [4.69, 9.17) is 4.74 Å². The SMILES string of the molecule is CCOc1cccc(CNC2CCCCC2(C)C)c1O. The fraction of sp³-hybridized carbons (Fsp3) is 0.647. The Balaban J connectivity index is 2.01. The number of ether oxygens (including phenoxy) is 1. The van der Waals surface area contributed by atoms with Crippen molar-refractivity contribution in [2.75, 3.05) is 6.61 Å². The highest BCUT2D eigenvalue weighted by Crippen LogP contribution is 2.36. The fourth-order valence-corrected chi connectivity index (χ4v) is 3.09. The first kappa shape index (κ1) is 15.2. The van der Waals surface area contributed by atoms with Crippen molar-refractivity contribution in [2.45, 2.75) is 59.0 Å². The Kier molecular flexibility index (Phi) is 4.92. The topological polar surface area (TPSA) is 41.5 Å². The number of para-hydroxylation sites is 1. The number of hydrogen-bond donors (Lipinski definition) is 2. The predicted octanol–water partition coefficient (Wildman–Crippen LogP) is 3.85. The minimum absolute atomic E-state index is 0.274. The maximum atomic E-state index is 10.2. The number of aromatic hydroxyl groups is 1. The molecule has 0 saturated heterocycles. The zero-order valence-electron chi connectivity index (χ0n) is 12.9. The van der Waals surface area contributed by atoms with Crippen molar-refractivity contribution in [2.24, 2.45) is 5.41 Å². The molecular weight excluding hydrogens is 250 g/mol. The molecule has 1 atom stereocenters. The third kappa shape index (κ3) is 3.45. The van der Waals surface area contributed by atoms with Crippen LogP contribution in [0, 0.1) is 5.41 Å². The van der Waals surface area contributed by atoms with Gasteiger partial charge in [-0.05, 0) is 31.2 Å². The quantitative estimate of drug-likeness (QED) is 0.859. The van der Waals surface area contributed by atoms with E-state index in [0.717, 1.165) is 5.56 Å². The van der Waals surface area contributed by atoms with E-state index in [1.54, 1.807) is 0 Å². The molecule has 1 aliphatic rings. The number of hydrogen-bond acceptors (Lipinski definition) is 3. The average molecular weight is 277 g/mol. The second kappa shape index (κ2) is 6.49. The highest BCUT2D eigenvalue weighted by atomic mass is 16.5. The van der Waals surface area contributed by atoms with Gasteiger partial charge >= 0.3 is 0 Å². The van der Waals surface area contributed by atoms with Crippen molar-refractivity contribution >= 4 is 0 Å². The first-order chi connectivity index (χ1) is 9.54. The third-order valence-corrected chi connectivity index (χ3v) is 4.43. The van der Waals surface area contributed by atoms with Crippen molar-refractivity contribution in [1.29, 1.82) is 0 Å². The van der Waals surface area contributed by atoms with Gasteiger partial charge in [-0.15, -0.1) is 0 Å². The van der Waals surface area contributed by atoms with E-state index < -0.39 is 0 Å². The van der Waals surface area contributed by atoms with Gasteiger partial charge in [0.1, 0.15) is 0 Å². The van der Waals surface area contributed by atoms with Crippen LogP contribution in [0.1, 0.15) is 52.0 Å². The van der Waals surface area contributed by atoms with Gasteiger partial charge in [-0.2, -0.15) is 0 Å². The first-order valence-corrected chi connectivity index (χ1v) is 7.71. The summed E-state index contributed by atoms with van der Waals surface area (Å²) in [6.07, 6.45) is 5.12. The molecule has 1 aromatic rings. The van der Waals surface area contributed by atoms with E-state index in [2.05, 4.69) is 19.2 Å². The smallest absolute Gasteiger partial charge is 0.162 e. The highest BCUT2D eigenvalue weighted by Gasteiger charge is 2.31. The monoisotopic (exact) mass is 277 g/mol. The summed E-state index contributed by atoms with van der Waals surface area (Å²) in [6.45, 7) is 7.86. The zero-order valence-corrected chi connectivity index (χ0v) is 12.9. The number of nitrogens with one attached hydrogen (secondary N) is 1. The summed E-state index contributed by atoms with van der Waals surface area (Å²) in [5, 5.41) is 13.8. The molecule has 3 heteroatoms. The lowest BCUT2D eigenvalue weighted by Gasteiger charge is -2.39. The number of phenolic OH excluding ortho intramolecular Hbond substituents is 1. The molecule has 2 rings (SSSR count). The molecule has 112 valence electrons. The minimum Gasteiger partial charge on any atom is -0.504 e. The molecule has 0 amide bonds. The van der Waals surface area contributed by atoms with Gasteiger partial charge in [0, 0.05) is 18.2 Å². The van der Waals surface area contributed by atoms with Crippen molar-refractivity contribution in [3.8, 4) is 11.5 Å². The largest absolute Gasteiger partial charge is 0.504 e. The van der Waals surface area contributed by atoms with Crippen LogP contribution in [0.3, 0.4) is 0 Å². The Morgan fingerprint density at radius 3 is 2.85 bits per heavy atom. The summed E-state index contributed by atoms with van der Waals surface area (Å²) in [7, 11) is 0. The molecule has 1 unspecified atom stereocenters. The molecule has 0 heterocycles. The molecule has 0 aliphatic heterocycles. The summed E-state index contributed by atoms with van der Waals surface area (Å²) in [6, 6.07) is 6.23. The Morgan fingerprint density at radius 1 is 1.35 bits per heavy atom. The second-order valence-corrected chi connectivity index (χ2v) is 6.36. The van der Waals surface area contributed by atoms with E-state index in [9.17, 15) is 5.11 Å². The molecule has 1 saturated carbocycles. The molecule has 1 aromatic carbocycles. The summed E-state index contributed by atoms with van der Waals surface area (Å²) in [5.41, 5.74) is 1.25. The second-order valence-electron chi connectivity index (χ2n) is 6.36. The molecule has 0 bridgehead atoms. The molecule has 0 aromatic heterocycles. The fourth-order valence-electron chi connectivity index (χ4n) is 3.09. The lowest BCUT2D eigenvalue weighted by Crippen LogP contribution is -2.43. The van der Waals surface area contributed by atoms with Crippen LogP contribution in [0.25, 0.3) is 0 Å². The van der Waals surface area contributed by atoms with Gasteiger partial charge in [-0.3, -0.25) is 0 Å². The zero-order chi connectivity index (χ0) is 14.6. The van der Waals surface area contributed by atoms with Gasteiger partial charge in [0.15, 0.2) is 11.5 Å². The van der Waals surface area contributed by atoms with Crippen molar-refractivity contribution in [1.82, 2.24) is 5.32 Å². The van der Waals surface area contributed by atoms with Crippen LogP contribution < -0.4 is 10.1 Å². The van der Waals surface area contributed by atoms with E-state index in [1.165, 1.54) is 25.7 Å². The Labute approximate surface area is 122 Å². The molecule has 3 nitrogen and oxygen atoms in total. The first-order valence-electron chi connectivity index (χ1n) is 7.71. The molecule has 0 spiro atoms. The highest BCUT2D eigenvalue weighted by molar-refractivity contribution is 5.45. The van der Waals surface area contributed by atoms with Crippen LogP contribution >= 0.6 is 0 Å². The van der Waals surface area contributed by atoms with Gasteiger partial charge < -0.3 is 15.2 Å². The predicted molar refractivity (Wildman–Crippen MR) is 82.2 cm³/mol. The van der Waals surface area contributed by atoms with E-state index in [-0.39, 0.29) is 5.75 Å². The maximum Gasteiger partial charge on any atom is 0.162 e. The van der Waals surface area contributed by atoms with E-state index in [0.29, 0.717) is 30.4 Å². The van der Waals surface area contributed by atoms with Crippen LogP contribution in [0.5, 0.6) is 11.5 Å². The summed E-state index contributed by atoms with van der Waals surface area (Å²) in [5.74, 6) is 0.852. The normalized spacial score (nSPS) is 21.6. The molecule has 1 aliphatic carbocycles. The summed E-state index contributed by atoms with van der Waals surface area (Å²) < 4.78 is 5.43. The molecule has 2 N–H and O–H groups in total. The number of phenols is 1. The van der Waals surface area contributed by atoms with Crippen LogP contribution in [0.15, 0.2) is 18.2 Å². The van der Waals surface area contributed by atoms with Crippen LogP contribution in [0.2, 0.25) is 0 Å². The maximum absolute atomic E-state index is 10.2. The minimum atomic E-state index is 0.274. The van der Waals surface area contributed by atoms with Gasteiger partial charge in [-0.1, -0.05) is 38.8 Å². The molecule has 0 radical (unpaired) electrons. The van der Waals surface area contributed by atoms with Gasteiger partial charge in [0.25, 0.3) is 0 Å². The standard InChI is InChI=1S/C17H27NO2/c1-4-20-14-9-7-8-13(16(14)19)12-18-15-10-5-6-11-17(15,2)3/h7-9,15,18-19H,4-6,10-12H2,1-3H3. The molecule has 1 fully saturated rings. The average Bonchev–Trinajstić information content (AvgIpc) is 2.41. The Hall–Kier alpha value is -1.22. The number of benzene rings is 1. The van der Waals surface area contributed by atoms with Crippen molar-refractivity contribution < 1.29 is 9.84 Å². The lowest BCUT2D eigenvalue weighted by molar-refractivity contribution is 0.166. The van der Waals surface area contributed by atoms with E-state index >= 15 is 0 Å². The molecule has 20 heavy (non-hydrogen) atoms. The summed E-state index contributed by atoms with van der Waals surface area (Å²) in [4.78, 5) is 0. The van der Waals surface area contributed by atoms with Gasteiger partial charge in [0.05, 0.1) is 6.61 Å². The van der Waals surface area contributed by atoms with Crippen LogP contribution in [0.4, 0.5) is 0 Å². The van der Waals surface area contributed by atoms with Crippen molar-refractivity contribution in [3.05, 3.63) is 23.8 Å². The van der Waals surface area contributed by atoms with Gasteiger partial charge in [0.2, 0.25) is 0 Å². The lowest BCUT2D eigenvalue weighted by atomic mass is 9.73. The summed E-state index contributed by atoms with van der Waals surface area (Å²) >= 11 is 0. The third-order valence-electron chi connectivity index (χ3n) is 4.43. The van der Waals surface area contributed by atoms with Gasteiger partial charge in [-0.25, -0.2) is 0 Å².